The van der Waals surface area contributed by atoms with E-state index in [2.05, 4.69) is 19.1 Å². The Morgan fingerprint density at radius 2 is 1.38 bits per heavy atom. The fourth-order valence-corrected chi connectivity index (χ4v) is 4.98. The standard InChI is InChI=1S/C14H18N2/c1-14(13(7-15)8-16)11-3-9-2-10(5-11)6-12(14)4-9/h9-13H,2-6H2,1H3. The summed E-state index contributed by atoms with van der Waals surface area (Å²) < 4.78 is 0. The second kappa shape index (κ2) is 3.24. The summed E-state index contributed by atoms with van der Waals surface area (Å²) in [5.74, 6) is 2.73. The first kappa shape index (κ1) is 10.2. The van der Waals surface area contributed by atoms with E-state index < -0.39 is 0 Å². The van der Waals surface area contributed by atoms with Gasteiger partial charge in [-0.1, -0.05) is 6.92 Å². The zero-order valence-electron chi connectivity index (χ0n) is 9.82. The molecule has 2 heteroatoms. The van der Waals surface area contributed by atoms with Crippen LogP contribution in [0.25, 0.3) is 0 Å². The van der Waals surface area contributed by atoms with Crippen LogP contribution in [0.5, 0.6) is 0 Å². The molecule has 4 aliphatic rings. The van der Waals surface area contributed by atoms with Crippen LogP contribution in [-0.4, -0.2) is 0 Å². The minimum absolute atomic E-state index is 0.00306. The molecule has 4 fully saturated rings. The molecule has 0 aliphatic heterocycles. The molecular weight excluding hydrogens is 196 g/mol. The molecule has 0 spiro atoms. The molecule has 0 aromatic heterocycles. The van der Waals surface area contributed by atoms with E-state index in [1.807, 2.05) is 0 Å². The first-order valence-electron chi connectivity index (χ1n) is 6.47. The molecule has 84 valence electrons. The van der Waals surface area contributed by atoms with Crippen LogP contribution in [0.1, 0.15) is 39.0 Å². The highest BCUT2D eigenvalue weighted by molar-refractivity contribution is 5.16. The third-order valence-corrected chi connectivity index (χ3v) is 5.78. The lowest BCUT2D eigenvalue weighted by molar-refractivity contribution is -0.109. The number of nitrogens with zero attached hydrogens (tertiary/aromatic N) is 2. The van der Waals surface area contributed by atoms with Crippen molar-refractivity contribution in [1.29, 1.82) is 10.5 Å². The van der Waals surface area contributed by atoms with Gasteiger partial charge < -0.3 is 0 Å². The van der Waals surface area contributed by atoms with Crippen LogP contribution in [0, 0.1) is 57.7 Å². The Hall–Kier alpha value is -1.02. The predicted molar refractivity (Wildman–Crippen MR) is 59.9 cm³/mol. The van der Waals surface area contributed by atoms with Gasteiger partial charge in [0.25, 0.3) is 0 Å². The van der Waals surface area contributed by atoms with Crippen molar-refractivity contribution in [3.05, 3.63) is 0 Å². The third-order valence-electron chi connectivity index (χ3n) is 5.78. The number of hydrogen-bond donors (Lipinski definition) is 0. The molecule has 0 N–H and O–H groups in total. The van der Waals surface area contributed by atoms with Gasteiger partial charge in [0.1, 0.15) is 5.92 Å². The van der Waals surface area contributed by atoms with Crippen molar-refractivity contribution >= 4 is 0 Å². The predicted octanol–water partition coefficient (Wildman–Crippen LogP) is 3.11. The van der Waals surface area contributed by atoms with E-state index in [9.17, 15) is 10.5 Å². The van der Waals surface area contributed by atoms with E-state index in [1.54, 1.807) is 0 Å². The lowest BCUT2D eigenvalue weighted by Gasteiger charge is -2.60. The zero-order valence-corrected chi connectivity index (χ0v) is 9.82. The van der Waals surface area contributed by atoms with Gasteiger partial charge in [0.2, 0.25) is 0 Å². The number of hydrogen-bond acceptors (Lipinski definition) is 2. The second-order valence-corrected chi connectivity index (χ2v) is 6.36. The average Bonchev–Trinajstić information content (AvgIpc) is 2.26. The summed E-state index contributed by atoms with van der Waals surface area (Å²) in [5, 5.41) is 18.4. The Balaban J connectivity index is 1.97. The van der Waals surface area contributed by atoms with Crippen LogP contribution in [0.3, 0.4) is 0 Å². The van der Waals surface area contributed by atoms with Crippen molar-refractivity contribution in [1.82, 2.24) is 0 Å². The summed E-state index contributed by atoms with van der Waals surface area (Å²) in [7, 11) is 0. The van der Waals surface area contributed by atoms with Crippen molar-refractivity contribution in [2.24, 2.45) is 35.0 Å². The van der Waals surface area contributed by atoms with E-state index in [1.165, 1.54) is 32.1 Å². The smallest absolute Gasteiger partial charge is 0.139 e. The monoisotopic (exact) mass is 214 g/mol. The van der Waals surface area contributed by atoms with Gasteiger partial charge in [-0.2, -0.15) is 10.5 Å². The Bertz CT molecular complexity index is 343. The lowest BCUT2D eigenvalue weighted by atomic mass is 9.43. The topological polar surface area (TPSA) is 47.6 Å². The maximum absolute atomic E-state index is 9.20. The lowest BCUT2D eigenvalue weighted by Crippen LogP contribution is -2.54. The van der Waals surface area contributed by atoms with Crippen molar-refractivity contribution in [3.8, 4) is 12.1 Å². The summed E-state index contributed by atoms with van der Waals surface area (Å²) in [6.07, 6.45) is 6.55. The molecule has 2 nitrogen and oxygen atoms in total. The number of nitriles is 2. The van der Waals surface area contributed by atoms with Gasteiger partial charge in [-0.3, -0.25) is 0 Å². The molecule has 4 bridgehead atoms. The molecule has 16 heavy (non-hydrogen) atoms. The molecule has 0 saturated heterocycles. The minimum atomic E-state index is -0.387. The summed E-state index contributed by atoms with van der Waals surface area (Å²) in [6.45, 7) is 2.22. The first-order valence-corrected chi connectivity index (χ1v) is 6.47. The van der Waals surface area contributed by atoms with Crippen LogP contribution < -0.4 is 0 Å². The van der Waals surface area contributed by atoms with E-state index in [-0.39, 0.29) is 11.3 Å². The Kier molecular flexibility index (Phi) is 2.05. The zero-order chi connectivity index (χ0) is 11.3. The molecular formula is C14H18N2. The summed E-state index contributed by atoms with van der Waals surface area (Å²) >= 11 is 0. The molecule has 0 unspecified atom stereocenters. The summed E-state index contributed by atoms with van der Waals surface area (Å²) in [6, 6.07) is 4.52. The van der Waals surface area contributed by atoms with Crippen LogP contribution in [0.2, 0.25) is 0 Å². The van der Waals surface area contributed by atoms with Crippen LogP contribution in [-0.2, 0) is 0 Å². The van der Waals surface area contributed by atoms with E-state index in [4.69, 9.17) is 0 Å². The highest BCUT2D eigenvalue weighted by atomic mass is 14.6. The number of rotatable bonds is 1. The highest BCUT2D eigenvalue weighted by Crippen LogP contribution is 2.64. The average molecular weight is 214 g/mol. The first-order chi connectivity index (χ1) is 7.68. The molecule has 4 aliphatic carbocycles. The molecule has 0 aromatic rings. The quantitative estimate of drug-likeness (QED) is 0.673. The summed E-state index contributed by atoms with van der Waals surface area (Å²) in [4.78, 5) is 0. The van der Waals surface area contributed by atoms with Crippen molar-refractivity contribution in [3.63, 3.8) is 0 Å². The second-order valence-electron chi connectivity index (χ2n) is 6.36. The summed E-state index contributed by atoms with van der Waals surface area (Å²) in [5.41, 5.74) is -0.00306. The van der Waals surface area contributed by atoms with Gasteiger partial charge in [-0.25, -0.2) is 0 Å². The largest absolute Gasteiger partial charge is 0.197 e. The SMILES string of the molecule is CC1(C(C#N)C#N)C2CC3CC(C2)CC1C3. The molecule has 4 saturated carbocycles. The van der Waals surface area contributed by atoms with Gasteiger partial charge in [0, 0.05) is 5.41 Å². The fraction of sp³-hybridized carbons (Fsp3) is 0.857. The van der Waals surface area contributed by atoms with Crippen LogP contribution in [0.15, 0.2) is 0 Å². The van der Waals surface area contributed by atoms with Gasteiger partial charge in [0.05, 0.1) is 12.1 Å². The van der Waals surface area contributed by atoms with Gasteiger partial charge in [0.15, 0.2) is 0 Å². The third kappa shape index (κ3) is 1.11. The Morgan fingerprint density at radius 1 is 0.938 bits per heavy atom. The van der Waals surface area contributed by atoms with Crippen LogP contribution in [0.4, 0.5) is 0 Å². The highest BCUT2D eigenvalue weighted by Gasteiger charge is 2.58. The van der Waals surface area contributed by atoms with Gasteiger partial charge in [-0.15, -0.1) is 0 Å². The van der Waals surface area contributed by atoms with Crippen molar-refractivity contribution < 1.29 is 0 Å². The molecule has 4 rings (SSSR count). The van der Waals surface area contributed by atoms with Gasteiger partial charge in [-0.05, 0) is 55.8 Å². The van der Waals surface area contributed by atoms with Crippen molar-refractivity contribution in [2.75, 3.05) is 0 Å². The van der Waals surface area contributed by atoms with Crippen LogP contribution >= 0.6 is 0 Å². The Labute approximate surface area is 97.3 Å². The van der Waals surface area contributed by atoms with E-state index in [0.717, 1.165) is 11.8 Å². The normalized spacial score (nSPS) is 49.0. The Morgan fingerprint density at radius 3 is 1.75 bits per heavy atom. The van der Waals surface area contributed by atoms with Gasteiger partial charge >= 0.3 is 0 Å². The van der Waals surface area contributed by atoms with E-state index in [0.29, 0.717) is 11.8 Å². The molecule has 0 heterocycles. The van der Waals surface area contributed by atoms with E-state index >= 15 is 0 Å². The molecule has 0 amide bonds. The molecule has 0 radical (unpaired) electrons. The maximum atomic E-state index is 9.20. The fourth-order valence-electron chi connectivity index (χ4n) is 4.98. The van der Waals surface area contributed by atoms with Crippen molar-refractivity contribution in [2.45, 2.75) is 39.0 Å². The maximum Gasteiger partial charge on any atom is 0.139 e. The molecule has 0 aromatic carbocycles. The molecule has 0 atom stereocenters. The minimum Gasteiger partial charge on any atom is -0.197 e.